The molecule has 0 saturated carbocycles. The SMILES string of the molecule is COc1cccc(C=NNc2ccc(Cl)c(Cl)c2)c1OCc1cccc(C)c1. The van der Waals surface area contributed by atoms with E-state index in [1.807, 2.05) is 30.3 Å². The maximum atomic E-state index is 6.06. The van der Waals surface area contributed by atoms with Crippen LogP contribution in [0.1, 0.15) is 16.7 Å². The second-order valence-corrected chi connectivity index (χ2v) is 6.97. The highest BCUT2D eigenvalue weighted by Gasteiger charge is 2.10. The van der Waals surface area contributed by atoms with Crippen molar-refractivity contribution < 1.29 is 9.47 Å². The minimum Gasteiger partial charge on any atom is -0.493 e. The van der Waals surface area contributed by atoms with Gasteiger partial charge in [0, 0.05) is 5.56 Å². The van der Waals surface area contributed by atoms with Gasteiger partial charge in [0.15, 0.2) is 11.5 Å². The Bertz CT molecular complexity index is 990. The molecular weight excluding hydrogens is 395 g/mol. The van der Waals surface area contributed by atoms with E-state index in [1.54, 1.807) is 31.5 Å². The Morgan fingerprint density at radius 2 is 1.82 bits per heavy atom. The molecule has 0 aromatic heterocycles. The van der Waals surface area contributed by atoms with Gasteiger partial charge in [-0.05, 0) is 42.8 Å². The van der Waals surface area contributed by atoms with E-state index in [0.717, 1.165) is 16.8 Å². The van der Waals surface area contributed by atoms with Gasteiger partial charge in [-0.1, -0.05) is 59.1 Å². The highest BCUT2D eigenvalue weighted by molar-refractivity contribution is 6.42. The Labute approximate surface area is 174 Å². The fraction of sp³-hybridized carbons (Fsp3) is 0.136. The summed E-state index contributed by atoms with van der Waals surface area (Å²) in [6.07, 6.45) is 1.68. The Morgan fingerprint density at radius 3 is 2.57 bits per heavy atom. The van der Waals surface area contributed by atoms with E-state index in [-0.39, 0.29) is 0 Å². The second kappa shape index (κ2) is 9.49. The molecule has 1 N–H and O–H groups in total. The van der Waals surface area contributed by atoms with Crippen LogP contribution in [-0.4, -0.2) is 13.3 Å². The molecule has 0 amide bonds. The smallest absolute Gasteiger partial charge is 0.170 e. The van der Waals surface area contributed by atoms with Gasteiger partial charge in [-0.2, -0.15) is 5.10 Å². The van der Waals surface area contributed by atoms with Gasteiger partial charge in [0.05, 0.1) is 29.1 Å². The first-order valence-electron chi connectivity index (χ1n) is 8.66. The first kappa shape index (κ1) is 20.1. The molecule has 4 nitrogen and oxygen atoms in total. The van der Waals surface area contributed by atoms with Crippen molar-refractivity contribution in [2.45, 2.75) is 13.5 Å². The number of methoxy groups -OCH3 is 1. The summed E-state index contributed by atoms with van der Waals surface area (Å²) in [6, 6.07) is 19.1. The number of nitrogens with zero attached hydrogens (tertiary/aromatic N) is 1. The Kier molecular flexibility index (Phi) is 6.80. The van der Waals surface area contributed by atoms with Crippen LogP contribution in [0.15, 0.2) is 65.8 Å². The van der Waals surface area contributed by atoms with Crippen LogP contribution in [0.4, 0.5) is 5.69 Å². The first-order chi connectivity index (χ1) is 13.6. The number of hydrazone groups is 1. The van der Waals surface area contributed by atoms with Gasteiger partial charge in [0.2, 0.25) is 0 Å². The molecule has 6 heteroatoms. The third kappa shape index (κ3) is 5.18. The van der Waals surface area contributed by atoms with Crippen molar-refractivity contribution in [3.63, 3.8) is 0 Å². The number of rotatable bonds is 7. The molecule has 0 bridgehead atoms. The summed E-state index contributed by atoms with van der Waals surface area (Å²) in [6.45, 7) is 2.49. The van der Waals surface area contributed by atoms with Crippen molar-refractivity contribution in [3.8, 4) is 11.5 Å². The lowest BCUT2D eigenvalue weighted by molar-refractivity contribution is 0.284. The average Bonchev–Trinajstić information content (AvgIpc) is 2.69. The molecule has 0 fully saturated rings. The van der Waals surface area contributed by atoms with E-state index >= 15 is 0 Å². The van der Waals surface area contributed by atoms with Crippen LogP contribution in [0.3, 0.4) is 0 Å². The van der Waals surface area contributed by atoms with Gasteiger partial charge in [0.1, 0.15) is 6.61 Å². The molecule has 0 aliphatic heterocycles. The molecule has 0 spiro atoms. The van der Waals surface area contributed by atoms with Crippen LogP contribution in [0, 0.1) is 6.92 Å². The summed E-state index contributed by atoms with van der Waals surface area (Å²) >= 11 is 12.0. The Morgan fingerprint density at radius 1 is 1.00 bits per heavy atom. The minimum atomic E-state index is 0.434. The summed E-state index contributed by atoms with van der Waals surface area (Å²) in [4.78, 5) is 0. The van der Waals surface area contributed by atoms with Crippen LogP contribution in [-0.2, 0) is 6.61 Å². The van der Waals surface area contributed by atoms with Gasteiger partial charge in [-0.25, -0.2) is 0 Å². The normalized spacial score (nSPS) is 10.9. The van der Waals surface area contributed by atoms with E-state index in [2.05, 4.69) is 29.6 Å². The predicted octanol–water partition coefficient (Wildman–Crippen LogP) is 6.34. The monoisotopic (exact) mass is 414 g/mol. The number of hydrogen-bond donors (Lipinski definition) is 1. The van der Waals surface area contributed by atoms with Crippen LogP contribution in [0.25, 0.3) is 0 Å². The van der Waals surface area contributed by atoms with Crippen LogP contribution < -0.4 is 14.9 Å². The number of benzene rings is 3. The number of nitrogens with one attached hydrogen (secondary N) is 1. The molecule has 144 valence electrons. The summed E-state index contributed by atoms with van der Waals surface area (Å²) in [5.74, 6) is 1.28. The zero-order chi connectivity index (χ0) is 19.9. The van der Waals surface area contributed by atoms with Gasteiger partial charge in [-0.3, -0.25) is 5.43 Å². The highest BCUT2D eigenvalue weighted by atomic mass is 35.5. The van der Waals surface area contributed by atoms with E-state index in [4.69, 9.17) is 32.7 Å². The number of halogens is 2. The molecule has 0 aliphatic carbocycles. The lowest BCUT2D eigenvalue weighted by atomic mass is 10.1. The Hall–Kier alpha value is -2.69. The number of aryl methyl sites for hydroxylation is 1. The van der Waals surface area contributed by atoms with Crippen molar-refractivity contribution in [3.05, 3.63) is 87.4 Å². The van der Waals surface area contributed by atoms with Crippen molar-refractivity contribution in [1.29, 1.82) is 0 Å². The molecule has 0 saturated heterocycles. The van der Waals surface area contributed by atoms with E-state index in [9.17, 15) is 0 Å². The van der Waals surface area contributed by atoms with Gasteiger partial charge in [0.25, 0.3) is 0 Å². The van der Waals surface area contributed by atoms with E-state index < -0.39 is 0 Å². The topological polar surface area (TPSA) is 42.8 Å². The molecule has 0 atom stereocenters. The molecule has 3 rings (SSSR count). The van der Waals surface area contributed by atoms with E-state index in [1.165, 1.54) is 5.56 Å². The third-order valence-corrected chi connectivity index (χ3v) is 4.75. The van der Waals surface area contributed by atoms with Crippen molar-refractivity contribution >= 4 is 35.1 Å². The zero-order valence-electron chi connectivity index (χ0n) is 15.6. The minimum absolute atomic E-state index is 0.434. The first-order valence-corrected chi connectivity index (χ1v) is 9.42. The lowest BCUT2D eigenvalue weighted by Gasteiger charge is -2.13. The number of anilines is 1. The van der Waals surface area contributed by atoms with Gasteiger partial charge < -0.3 is 9.47 Å². The molecule has 3 aromatic rings. The van der Waals surface area contributed by atoms with Gasteiger partial charge >= 0.3 is 0 Å². The van der Waals surface area contributed by atoms with Crippen molar-refractivity contribution in [2.75, 3.05) is 12.5 Å². The van der Waals surface area contributed by atoms with E-state index in [0.29, 0.717) is 28.2 Å². The van der Waals surface area contributed by atoms with Crippen molar-refractivity contribution in [2.24, 2.45) is 5.10 Å². The fourth-order valence-corrected chi connectivity index (χ4v) is 2.95. The lowest BCUT2D eigenvalue weighted by Crippen LogP contribution is -2.01. The standard InChI is InChI=1S/C22H20Cl2N2O2/c1-15-5-3-6-16(11-15)14-28-22-17(7-4-8-21(22)27-2)13-25-26-18-9-10-19(23)20(24)12-18/h3-13,26H,14H2,1-2H3. The molecule has 0 aliphatic rings. The average molecular weight is 415 g/mol. The quantitative estimate of drug-likeness (QED) is 0.362. The summed E-state index contributed by atoms with van der Waals surface area (Å²) < 4.78 is 11.5. The Balaban J connectivity index is 1.77. The molecule has 3 aromatic carbocycles. The number of ether oxygens (including phenoxy) is 2. The maximum Gasteiger partial charge on any atom is 0.170 e. The molecule has 0 radical (unpaired) electrons. The summed E-state index contributed by atoms with van der Waals surface area (Å²) in [5.41, 5.74) is 6.74. The van der Waals surface area contributed by atoms with Crippen LogP contribution in [0.2, 0.25) is 10.0 Å². The third-order valence-electron chi connectivity index (χ3n) is 4.01. The molecule has 0 unspecified atom stereocenters. The van der Waals surface area contributed by atoms with Crippen LogP contribution in [0.5, 0.6) is 11.5 Å². The van der Waals surface area contributed by atoms with Crippen LogP contribution >= 0.6 is 23.2 Å². The predicted molar refractivity (Wildman–Crippen MR) is 116 cm³/mol. The largest absolute Gasteiger partial charge is 0.493 e. The molecule has 0 heterocycles. The molecule has 28 heavy (non-hydrogen) atoms. The zero-order valence-corrected chi connectivity index (χ0v) is 17.1. The van der Waals surface area contributed by atoms with Gasteiger partial charge in [-0.15, -0.1) is 0 Å². The molecular formula is C22H20Cl2N2O2. The second-order valence-electron chi connectivity index (χ2n) is 6.16. The number of hydrogen-bond acceptors (Lipinski definition) is 4. The summed E-state index contributed by atoms with van der Waals surface area (Å²) in [7, 11) is 1.61. The number of para-hydroxylation sites is 1. The summed E-state index contributed by atoms with van der Waals surface area (Å²) in [5, 5.41) is 5.24. The highest BCUT2D eigenvalue weighted by Crippen LogP contribution is 2.31. The van der Waals surface area contributed by atoms with Crippen molar-refractivity contribution in [1.82, 2.24) is 0 Å². The maximum absolute atomic E-state index is 6.06. The fourth-order valence-electron chi connectivity index (χ4n) is 2.65.